The monoisotopic (exact) mass is 441 g/mol. The number of fused-ring (bicyclic) bond motifs is 1. The molecule has 0 N–H and O–H groups in total. The smallest absolute Gasteiger partial charge is 0.260 e. The van der Waals surface area contributed by atoms with Crippen LogP contribution in [-0.2, 0) is 4.79 Å². The lowest BCUT2D eigenvalue weighted by Crippen LogP contribution is -2.50. The number of benzene rings is 2. The number of hydrogen-bond acceptors (Lipinski definition) is 6. The zero-order chi connectivity index (χ0) is 21.1. The van der Waals surface area contributed by atoms with Crippen LogP contribution in [0.1, 0.15) is 25.3 Å². The van der Waals surface area contributed by atoms with Gasteiger partial charge in [-0.1, -0.05) is 43.4 Å². The van der Waals surface area contributed by atoms with Crippen LogP contribution in [-0.4, -0.2) is 54.8 Å². The Hall–Kier alpha value is -2.25. The van der Waals surface area contributed by atoms with Gasteiger partial charge in [-0.25, -0.2) is 4.98 Å². The van der Waals surface area contributed by atoms with Crippen LogP contribution < -0.4 is 9.64 Å². The summed E-state index contributed by atoms with van der Waals surface area (Å²) < 4.78 is 6.93. The van der Waals surface area contributed by atoms with Crippen LogP contribution in [0.25, 0.3) is 10.2 Å². The minimum atomic E-state index is 0.0385. The number of thiazole rings is 1. The number of rotatable bonds is 6. The molecule has 4 rings (SSSR count). The van der Waals surface area contributed by atoms with Crippen molar-refractivity contribution in [3.63, 3.8) is 0 Å². The highest BCUT2D eigenvalue weighted by Gasteiger charge is 2.23. The van der Waals surface area contributed by atoms with Crippen LogP contribution in [0.3, 0.4) is 0 Å². The van der Waals surface area contributed by atoms with E-state index in [1.807, 2.05) is 17.0 Å². The van der Waals surface area contributed by atoms with Crippen molar-refractivity contribution in [1.82, 2.24) is 9.88 Å². The number of amides is 1. The van der Waals surface area contributed by atoms with E-state index in [9.17, 15) is 4.79 Å². The van der Waals surface area contributed by atoms with Gasteiger partial charge >= 0.3 is 0 Å². The van der Waals surface area contributed by atoms with Gasteiger partial charge < -0.3 is 14.5 Å². The summed E-state index contributed by atoms with van der Waals surface area (Å²) in [5.74, 6) is 1.27. The Balaban J connectivity index is 1.31. The second-order valence-electron chi connectivity index (χ2n) is 7.68. The largest absolute Gasteiger partial charge is 0.484 e. The molecule has 1 aliphatic heterocycles. The van der Waals surface area contributed by atoms with Crippen molar-refractivity contribution < 1.29 is 9.53 Å². The van der Waals surface area contributed by atoms with E-state index in [2.05, 4.69) is 55.3 Å². The number of carbonyl (C=O) groups excluding carboxylic acids is 1. The van der Waals surface area contributed by atoms with E-state index in [1.54, 1.807) is 23.1 Å². The number of anilines is 1. The summed E-state index contributed by atoms with van der Waals surface area (Å²) in [6.45, 7) is 7.38. The van der Waals surface area contributed by atoms with Gasteiger partial charge in [0.05, 0.1) is 10.2 Å². The van der Waals surface area contributed by atoms with Crippen LogP contribution in [0.15, 0.2) is 47.4 Å². The lowest BCUT2D eigenvalue weighted by Gasteiger charge is -2.34. The third-order valence-corrected chi connectivity index (χ3v) is 7.25. The molecule has 1 aliphatic rings. The Morgan fingerprint density at radius 3 is 2.53 bits per heavy atom. The molecule has 2 heterocycles. The van der Waals surface area contributed by atoms with Gasteiger partial charge in [0.1, 0.15) is 5.75 Å². The predicted octanol–water partition coefficient (Wildman–Crippen LogP) is 4.87. The van der Waals surface area contributed by atoms with Crippen molar-refractivity contribution in [2.45, 2.75) is 24.7 Å². The lowest BCUT2D eigenvalue weighted by atomic mass is 10.0. The molecule has 2 aromatic carbocycles. The summed E-state index contributed by atoms with van der Waals surface area (Å²) in [7, 11) is 0. The van der Waals surface area contributed by atoms with Crippen LogP contribution in [0, 0.1) is 0 Å². The summed E-state index contributed by atoms with van der Waals surface area (Å²) in [4.78, 5) is 22.8. The standard InChI is InChI=1S/C23H27N3O2S2/c1-16(2)17-7-9-18(10-8-17)28-15-21(27)25-11-13-26(14-12-25)23-24-22-19(29-3)5-4-6-20(22)30-23/h4-10,16H,11-15H2,1-3H3. The van der Waals surface area contributed by atoms with Crippen LogP contribution in [0.2, 0.25) is 0 Å². The normalized spacial score (nSPS) is 14.5. The number of nitrogens with zero attached hydrogens (tertiary/aromatic N) is 3. The fourth-order valence-corrected chi connectivity index (χ4v) is 5.22. The van der Waals surface area contributed by atoms with E-state index in [0.29, 0.717) is 19.0 Å². The summed E-state index contributed by atoms with van der Waals surface area (Å²) >= 11 is 3.45. The summed E-state index contributed by atoms with van der Waals surface area (Å²) in [6.07, 6.45) is 2.08. The first-order valence-electron chi connectivity index (χ1n) is 10.2. The van der Waals surface area contributed by atoms with E-state index < -0.39 is 0 Å². The number of aromatic nitrogens is 1. The first kappa shape index (κ1) is 21.0. The molecular weight excluding hydrogens is 414 g/mol. The Kier molecular flexibility index (Phi) is 6.49. The van der Waals surface area contributed by atoms with Crippen molar-refractivity contribution in [2.24, 2.45) is 0 Å². The number of hydrogen-bond donors (Lipinski definition) is 0. The molecule has 1 saturated heterocycles. The fourth-order valence-electron chi connectivity index (χ4n) is 3.54. The maximum absolute atomic E-state index is 12.6. The molecule has 3 aromatic rings. The minimum absolute atomic E-state index is 0.0385. The molecule has 5 nitrogen and oxygen atoms in total. The Bertz CT molecular complexity index is 1010. The molecule has 0 saturated carbocycles. The molecule has 0 atom stereocenters. The Labute approximate surface area is 186 Å². The number of carbonyl (C=O) groups is 1. The first-order chi connectivity index (χ1) is 14.5. The topological polar surface area (TPSA) is 45.7 Å². The van der Waals surface area contributed by atoms with Crippen molar-refractivity contribution in [1.29, 1.82) is 0 Å². The van der Waals surface area contributed by atoms with Gasteiger partial charge in [0, 0.05) is 31.1 Å². The van der Waals surface area contributed by atoms with Gasteiger partial charge in [-0.05, 0) is 42.0 Å². The van der Waals surface area contributed by atoms with Crippen molar-refractivity contribution in [2.75, 3.05) is 43.9 Å². The molecule has 0 spiro atoms. The number of piperazine rings is 1. The average molecular weight is 442 g/mol. The zero-order valence-electron chi connectivity index (χ0n) is 17.6. The molecule has 0 unspecified atom stereocenters. The lowest BCUT2D eigenvalue weighted by molar-refractivity contribution is -0.133. The van der Waals surface area contributed by atoms with Gasteiger partial charge in [0.25, 0.3) is 5.91 Å². The van der Waals surface area contributed by atoms with Crippen molar-refractivity contribution in [3.8, 4) is 5.75 Å². The predicted molar refractivity (Wildman–Crippen MR) is 126 cm³/mol. The molecule has 158 valence electrons. The second-order valence-corrected chi connectivity index (χ2v) is 9.54. The van der Waals surface area contributed by atoms with Crippen LogP contribution in [0.5, 0.6) is 5.75 Å². The molecular formula is C23H27N3O2S2. The van der Waals surface area contributed by atoms with Gasteiger partial charge in [-0.2, -0.15) is 0 Å². The highest BCUT2D eigenvalue weighted by Crippen LogP contribution is 2.34. The fraction of sp³-hybridized carbons (Fsp3) is 0.391. The van der Waals surface area contributed by atoms with Crippen LogP contribution in [0.4, 0.5) is 5.13 Å². The highest BCUT2D eigenvalue weighted by molar-refractivity contribution is 7.98. The zero-order valence-corrected chi connectivity index (χ0v) is 19.3. The highest BCUT2D eigenvalue weighted by atomic mass is 32.2. The maximum Gasteiger partial charge on any atom is 0.260 e. The third kappa shape index (κ3) is 4.57. The minimum Gasteiger partial charge on any atom is -0.484 e. The number of thioether (sulfide) groups is 1. The van der Waals surface area contributed by atoms with E-state index >= 15 is 0 Å². The molecule has 0 aliphatic carbocycles. The summed E-state index contributed by atoms with van der Waals surface area (Å²) in [5, 5.41) is 1.04. The Morgan fingerprint density at radius 1 is 1.13 bits per heavy atom. The molecule has 30 heavy (non-hydrogen) atoms. The summed E-state index contributed by atoms with van der Waals surface area (Å²) in [6, 6.07) is 14.3. The number of para-hydroxylation sites is 1. The molecule has 1 amide bonds. The van der Waals surface area contributed by atoms with Gasteiger partial charge in [0.15, 0.2) is 11.7 Å². The molecule has 0 radical (unpaired) electrons. The average Bonchev–Trinajstić information content (AvgIpc) is 3.22. The van der Waals surface area contributed by atoms with Gasteiger partial charge in [-0.15, -0.1) is 11.8 Å². The SMILES string of the molecule is CSc1cccc2sc(N3CCN(C(=O)COc4ccc(C(C)C)cc4)CC3)nc12. The van der Waals surface area contributed by atoms with Crippen LogP contribution >= 0.6 is 23.1 Å². The van der Waals surface area contributed by atoms with Gasteiger partial charge in [-0.3, -0.25) is 4.79 Å². The molecule has 1 aromatic heterocycles. The van der Waals surface area contributed by atoms with E-state index in [1.165, 1.54) is 15.2 Å². The van der Waals surface area contributed by atoms with E-state index in [0.717, 1.165) is 29.5 Å². The summed E-state index contributed by atoms with van der Waals surface area (Å²) in [5.41, 5.74) is 2.35. The molecule has 1 fully saturated rings. The second kappa shape index (κ2) is 9.27. The van der Waals surface area contributed by atoms with E-state index in [-0.39, 0.29) is 12.5 Å². The first-order valence-corrected chi connectivity index (χ1v) is 12.3. The van der Waals surface area contributed by atoms with Crippen molar-refractivity contribution >= 4 is 44.4 Å². The molecule has 0 bridgehead atoms. The van der Waals surface area contributed by atoms with E-state index in [4.69, 9.17) is 9.72 Å². The molecule has 7 heteroatoms. The maximum atomic E-state index is 12.6. The Morgan fingerprint density at radius 2 is 1.87 bits per heavy atom. The van der Waals surface area contributed by atoms with Gasteiger partial charge in [0.2, 0.25) is 0 Å². The quantitative estimate of drug-likeness (QED) is 0.511. The third-order valence-electron chi connectivity index (χ3n) is 5.40. The number of ether oxygens (including phenoxy) is 1. The van der Waals surface area contributed by atoms with Crippen molar-refractivity contribution in [3.05, 3.63) is 48.0 Å².